The van der Waals surface area contributed by atoms with Gasteiger partial charge in [-0.1, -0.05) is 115 Å². The van der Waals surface area contributed by atoms with E-state index >= 15 is 0 Å². The summed E-state index contributed by atoms with van der Waals surface area (Å²) < 4.78 is 25.9. The maximum atomic E-state index is 14.0. The Labute approximate surface area is 289 Å². The van der Waals surface area contributed by atoms with Gasteiger partial charge in [0.05, 0.1) is 12.2 Å². The van der Waals surface area contributed by atoms with Crippen molar-refractivity contribution in [2.45, 2.75) is 31.6 Å². The zero-order valence-electron chi connectivity index (χ0n) is 26.3. The van der Waals surface area contributed by atoms with E-state index < -0.39 is 27.9 Å². The second kappa shape index (κ2) is 15.5. The van der Waals surface area contributed by atoms with Gasteiger partial charge in [0, 0.05) is 29.4 Å². The van der Waals surface area contributed by atoms with Gasteiger partial charge in [0.2, 0.25) is 10.0 Å². The van der Waals surface area contributed by atoms with E-state index in [2.05, 4.69) is 39.3 Å². The highest BCUT2D eigenvalue weighted by Crippen LogP contribution is 2.36. The van der Waals surface area contributed by atoms with Gasteiger partial charge in [-0.25, -0.2) is 18.2 Å². The molecule has 1 unspecified atom stereocenters. The smallest absolute Gasteiger partial charge is 0.328 e. The molecule has 3 N–H and O–H groups in total. The molecule has 5 rings (SSSR count). The molecule has 1 atom stereocenters. The molecule has 4 aromatic carbocycles. The topological polar surface area (TPSA) is 129 Å². The number of sulfonamides is 1. The fourth-order valence-corrected chi connectivity index (χ4v) is 7.18. The third-order valence-electron chi connectivity index (χ3n) is 7.87. The van der Waals surface area contributed by atoms with Crippen LogP contribution in [0.3, 0.4) is 0 Å². The molecule has 0 fully saturated rings. The Morgan fingerprint density at radius 3 is 1.98 bits per heavy atom. The lowest BCUT2D eigenvalue weighted by Gasteiger charge is -2.26. The van der Waals surface area contributed by atoms with Gasteiger partial charge in [-0.2, -0.15) is 0 Å². The molecule has 1 heterocycles. The molecule has 0 saturated heterocycles. The highest BCUT2D eigenvalue weighted by molar-refractivity contribution is 7.92. The van der Waals surface area contributed by atoms with Gasteiger partial charge >= 0.3 is 12.0 Å². The van der Waals surface area contributed by atoms with Crippen molar-refractivity contribution in [1.29, 1.82) is 0 Å². The summed E-state index contributed by atoms with van der Waals surface area (Å²) in [4.78, 5) is 32.0. The number of carbonyl (C=O) groups is 2. The molecule has 48 heavy (non-hydrogen) atoms. The maximum absolute atomic E-state index is 14.0. The van der Waals surface area contributed by atoms with Crippen LogP contribution >= 0.6 is 22.9 Å². The number of aliphatic carboxylic acids is 1. The summed E-state index contributed by atoms with van der Waals surface area (Å²) in [5.74, 6) is -1.53. The van der Waals surface area contributed by atoms with Gasteiger partial charge in [-0.3, -0.25) is 19.7 Å². The summed E-state index contributed by atoms with van der Waals surface area (Å²) in [6, 6.07) is 33.5. The number of carboxylic acids is 1. The second-order valence-corrected chi connectivity index (χ2v) is 14.6. The molecule has 0 aliphatic heterocycles. The molecule has 0 radical (unpaired) electrons. The molecule has 12 heteroatoms. The van der Waals surface area contributed by atoms with Crippen molar-refractivity contribution in [2.24, 2.45) is 0 Å². The summed E-state index contributed by atoms with van der Waals surface area (Å²) in [5.41, 5.74) is 5.03. The van der Waals surface area contributed by atoms with Crippen molar-refractivity contribution < 1.29 is 23.1 Å². The van der Waals surface area contributed by atoms with Crippen LogP contribution in [0.5, 0.6) is 0 Å². The first kappa shape index (κ1) is 34.6. The van der Waals surface area contributed by atoms with E-state index in [0.717, 1.165) is 28.7 Å². The Kier molecular flexibility index (Phi) is 11.2. The molecule has 0 aliphatic rings. The van der Waals surface area contributed by atoms with Crippen molar-refractivity contribution in [2.75, 3.05) is 27.7 Å². The van der Waals surface area contributed by atoms with Crippen molar-refractivity contribution in [3.05, 3.63) is 130 Å². The van der Waals surface area contributed by atoms with E-state index in [9.17, 15) is 23.1 Å². The molecule has 0 spiro atoms. The minimum Gasteiger partial charge on any atom is -0.481 e. The molecule has 248 valence electrons. The third kappa shape index (κ3) is 8.80. The number of nitrogens with one attached hydrogen (secondary N) is 2. The Balaban J connectivity index is 1.42. The normalized spacial score (nSPS) is 12.0. The first-order valence-corrected chi connectivity index (χ1v) is 18.4. The highest BCUT2D eigenvalue weighted by Gasteiger charge is 2.24. The van der Waals surface area contributed by atoms with Crippen LogP contribution < -0.4 is 14.9 Å². The number of benzene rings is 4. The number of carbonyl (C=O) groups excluding carboxylic acids is 1. The van der Waals surface area contributed by atoms with E-state index in [4.69, 9.17) is 11.6 Å². The van der Waals surface area contributed by atoms with E-state index in [1.165, 1.54) is 0 Å². The number of hydrogen-bond donors (Lipinski definition) is 3. The van der Waals surface area contributed by atoms with Crippen molar-refractivity contribution in [1.82, 2.24) is 4.98 Å². The second-order valence-electron chi connectivity index (χ2n) is 11.2. The number of rotatable bonds is 13. The number of anilines is 3. The monoisotopic (exact) mass is 702 g/mol. The number of thiazole rings is 1. The fourth-order valence-electron chi connectivity index (χ4n) is 5.54. The molecule has 2 amide bonds. The predicted octanol–water partition coefficient (Wildman–Crippen LogP) is 8.67. The lowest BCUT2D eigenvalue weighted by Crippen LogP contribution is -2.36. The summed E-state index contributed by atoms with van der Waals surface area (Å²) in [6.07, 6.45) is 2.12. The van der Waals surface area contributed by atoms with Gasteiger partial charge in [0.1, 0.15) is 10.0 Å². The molecular formula is C36H35ClN4O5S2. The Morgan fingerprint density at radius 1 is 0.875 bits per heavy atom. The van der Waals surface area contributed by atoms with Gasteiger partial charge in [0.15, 0.2) is 5.13 Å². The third-order valence-corrected chi connectivity index (χ3v) is 9.64. The van der Waals surface area contributed by atoms with Crippen LogP contribution in [0.4, 0.5) is 21.3 Å². The molecule has 0 bridgehead atoms. The summed E-state index contributed by atoms with van der Waals surface area (Å²) >= 11 is 7.68. The SMILES string of the molecule is CCC(C(=O)O)c1ccc(N(CCC(c2ccccc2)c2ccccc2)C(=O)Nc2nc(-c3ccc(NS(C)(=O)=O)cc3)c(Cl)s2)cc1. The number of aromatic nitrogens is 1. The van der Waals surface area contributed by atoms with Crippen LogP contribution in [0.15, 0.2) is 109 Å². The van der Waals surface area contributed by atoms with Crippen LogP contribution in [0, 0.1) is 0 Å². The van der Waals surface area contributed by atoms with E-state index in [-0.39, 0.29) is 5.92 Å². The number of nitrogens with zero attached hydrogens (tertiary/aromatic N) is 2. The number of amides is 2. The summed E-state index contributed by atoms with van der Waals surface area (Å²) in [6.45, 7) is 2.17. The highest BCUT2D eigenvalue weighted by atomic mass is 35.5. The number of halogens is 1. The average molecular weight is 703 g/mol. The van der Waals surface area contributed by atoms with Crippen molar-refractivity contribution >= 4 is 61.5 Å². The molecular weight excluding hydrogens is 668 g/mol. The van der Waals surface area contributed by atoms with Gasteiger partial charge in [-0.05, 0) is 53.8 Å². The first-order chi connectivity index (χ1) is 23.0. The lowest BCUT2D eigenvalue weighted by atomic mass is 9.88. The number of carboxylic acid groups (broad SMARTS) is 1. The summed E-state index contributed by atoms with van der Waals surface area (Å²) in [7, 11) is -3.43. The Hall–Kier alpha value is -4.71. The average Bonchev–Trinajstić information content (AvgIpc) is 3.43. The minimum absolute atomic E-state index is 0.0134. The van der Waals surface area contributed by atoms with Crippen LogP contribution in [0.25, 0.3) is 11.3 Å². The quantitative estimate of drug-likeness (QED) is 0.113. The van der Waals surface area contributed by atoms with E-state index in [1.54, 1.807) is 53.4 Å². The van der Waals surface area contributed by atoms with Crippen molar-refractivity contribution in [3.8, 4) is 11.3 Å². The van der Waals surface area contributed by atoms with Crippen LogP contribution in [-0.4, -0.2) is 43.3 Å². The molecule has 0 aliphatic carbocycles. The molecule has 5 aromatic rings. The molecule has 1 aromatic heterocycles. The molecule has 0 saturated carbocycles. The van der Waals surface area contributed by atoms with Crippen LogP contribution in [0.1, 0.15) is 48.3 Å². The largest absolute Gasteiger partial charge is 0.481 e. The van der Waals surface area contributed by atoms with Crippen molar-refractivity contribution in [3.63, 3.8) is 0 Å². The fraction of sp³-hybridized carbons (Fsp3) is 0.194. The minimum atomic E-state index is -3.43. The van der Waals surface area contributed by atoms with Crippen LogP contribution in [-0.2, 0) is 14.8 Å². The van der Waals surface area contributed by atoms with Gasteiger partial charge in [-0.15, -0.1) is 0 Å². The number of urea groups is 1. The predicted molar refractivity (Wildman–Crippen MR) is 194 cm³/mol. The van der Waals surface area contributed by atoms with Crippen LogP contribution in [0.2, 0.25) is 4.34 Å². The van der Waals surface area contributed by atoms with E-state index in [1.807, 2.05) is 43.3 Å². The number of hydrogen-bond acceptors (Lipinski definition) is 6. The zero-order chi connectivity index (χ0) is 34.3. The Morgan fingerprint density at radius 2 is 1.46 bits per heavy atom. The standard InChI is InChI=1S/C36H35ClN4O5S2/c1-3-30(34(42)43)26-16-20-29(21-17-26)41(23-22-31(24-10-6-4-7-11-24)25-12-8-5-9-13-25)36(44)39-35-38-32(33(37)47-35)27-14-18-28(19-15-27)40-48(2,45)46/h4-21,30-31,40H,3,22-23H2,1-2H3,(H,42,43)(H,38,39,44). The van der Waals surface area contributed by atoms with E-state index in [0.29, 0.717) is 57.0 Å². The lowest BCUT2D eigenvalue weighted by molar-refractivity contribution is -0.138. The first-order valence-electron chi connectivity index (χ1n) is 15.3. The molecule has 9 nitrogen and oxygen atoms in total. The summed E-state index contributed by atoms with van der Waals surface area (Å²) in [5, 5.41) is 12.9. The van der Waals surface area contributed by atoms with Gasteiger partial charge in [0.25, 0.3) is 0 Å². The Bertz CT molecular complexity index is 1910. The maximum Gasteiger partial charge on any atom is 0.328 e. The zero-order valence-corrected chi connectivity index (χ0v) is 28.7. The van der Waals surface area contributed by atoms with Gasteiger partial charge < -0.3 is 5.11 Å².